The van der Waals surface area contributed by atoms with Crippen LogP contribution in [-0.2, 0) is 15.6 Å². The summed E-state index contributed by atoms with van der Waals surface area (Å²) in [5, 5.41) is 2.81. The Morgan fingerprint density at radius 3 is 2.62 bits per heavy atom. The Morgan fingerprint density at radius 1 is 1.08 bits per heavy atom. The molecular formula is C18H25NO4S. The van der Waals surface area contributed by atoms with Crippen LogP contribution in [0.2, 0.25) is 0 Å². The number of fused-ring (bicyclic) bond motifs is 1. The van der Waals surface area contributed by atoms with Crippen molar-refractivity contribution in [3.63, 3.8) is 0 Å². The average Bonchev–Trinajstić information content (AvgIpc) is 2.80. The van der Waals surface area contributed by atoms with Crippen molar-refractivity contribution in [2.45, 2.75) is 38.5 Å². The van der Waals surface area contributed by atoms with Crippen LogP contribution in [0.25, 0.3) is 0 Å². The van der Waals surface area contributed by atoms with Crippen molar-refractivity contribution >= 4 is 22.4 Å². The van der Waals surface area contributed by atoms with Gasteiger partial charge in [-0.25, -0.2) is 0 Å². The number of benzene rings is 1. The van der Waals surface area contributed by atoms with Crippen molar-refractivity contribution in [1.82, 2.24) is 0 Å². The van der Waals surface area contributed by atoms with E-state index in [-0.39, 0.29) is 11.7 Å². The van der Waals surface area contributed by atoms with Gasteiger partial charge in [-0.05, 0) is 30.9 Å². The lowest BCUT2D eigenvalue weighted by Crippen LogP contribution is -2.24. The van der Waals surface area contributed by atoms with Gasteiger partial charge in [0.1, 0.15) is 5.75 Å². The second-order valence-electron chi connectivity index (χ2n) is 6.52. The van der Waals surface area contributed by atoms with Gasteiger partial charge in [-0.2, -0.15) is 0 Å². The maximum absolute atomic E-state index is 12.2. The Bertz CT molecular complexity index is 599. The van der Waals surface area contributed by atoms with E-state index in [1.165, 1.54) is 19.3 Å². The summed E-state index contributed by atoms with van der Waals surface area (Å²) in [7, 11) is -1.09. The van der Waals surface area contributed by atoms with Gasteiger partial charge in [0, 0.05) is 34.7 Å². The first-order valence-electron chi connectivity index (χ1n) is 8.75. The largest absolute Gasteiger partial charge is 0.490 e. The highest BCUT2D eigenvalue weighted by molar-refractivity contribution is 7.85. The van der Waals surface area contributed by atoms with Crippen LogP contribution >= 0.6 is 0 Å². The highest BCUT2D eigenvalue weighted by atomic mass is 32.2. The van der Waals surface area contributed by atoms with Crippen LogP contribution in [0.4, 0.5) is 5.69 Å². The number of ether oxygens (including phenoxy) is 2. The van der Waals surface area contributed by atoms with Gasteiger partial charge < -0.3 is 14.8 Å². The fraction of sp³-hybridized carbons (Fsp3) is 0.611. The molecule has 1 saturated carbocycles. The maximum atomic E-state index is 12.2. The summed E-state index contributed by atoms with van der Waals surface area (Å²) >= 11 is 0. The van der Waals surface area contributed by atoms with Crippen LogP contribution in [0.5, 0.6) is 11.5 Å². The fourth-order valence-electron chi connectivity index (χ4n) is 3.26. The van der Waals surface area contributed by atoms with Crippen LogP contribution in [0.1, 0.15) is 38.5 Å². The number of amides is 1. The molecule has 3 rings (SSSR count). The molecule has 1 atom stereocenters. The number of rotatable bonds is 5. The van der Waals surface area contributed by atoms with E-state index in [2.05, 4.69) is 5.32 Å². The molecule has 1 fully saturated rings. The molecule has 6 heteroatoms. The predicted molar refractivity (Wildman–Crippen MR) is 95.1 cm³/mol. The van der Waals surface area contributed by atoms with Gasteiger partial charge in [0.2, 0.25) is 5.91 Å². The summed E-state index contributed by atoms with van der Waals surface area (Å²) < 4.78 is 23.4. The zero-order valence-electron chi connectivity index (χ0n) is 13.9. The molecule has 1 amide bonds. The van der Waals surface area contributed by atoms with Crippen molar-refractivity contribution in [3.8, 4) is 11.5 Å². The minimum atomic E-state index is -1.09. The predicted octanol–water partition coefficient (Wildman–Crippen LogP) is 3.12. The van der Waals surface area contributed by atoms with E-state index in [9.17, 15) is 9.00 Å². The SMILES string of the molecule is O=C(C[S@@](=O)CC1CCCCC1)Nc1ccc2c(c1)OCCCO2. The third-order valence-electron chi connectivity index (χ3n) is 4.47. The zero-order chi connectivity index (χ0) is 16.8. The molecule has 132 valence electrons. The van der Waals surface area contributed by atoms with Gasteiger partial charge in [-0.1, -0.05) is 19.3 Å². The third-order valence-corrected chi connectivity index (χ3v) is 5.90. The molecule has 0 saturated heterocycles. The van der Waals surface area contributed by atoms with E-state index < -0.39 is 10.8 Å². The molecule has 2 aliphatic rings. The van der Waals surface area contributed by atoms with Crippen molar-refractivity contribution in [2.75, 3.05) is 30.0 Å². The van der Waals surface area contributed by atoms with E-state index in [0.717, 1.165) is 19.3 Å². The molecule has 1 aromatic carbocycles. The lowest BCUT2D eigenvalue weighted by atomic mass is 9.91. The summed E-state index contributed by atoms with van der Waals surface area (Å²) in [5.74, 6) is 2.36. The first-order valence-corrected chi connectivity index (χ1v) is 10.2. The van der Waals surface area contributed by atoms with Gasteiger partial charge in [0.05, 0.1) is 13.2 Å². The van der Waals surface area contributed by atoms with Crippen molar-refractivity contribution in [1.29, 1.82) is 0 Å². The van der Waals surface area contributed by atoms with E-state index in [1.54, 1.807) is 18.2 Å². The highest BCUT2D eigenvalue weighted by Crippen LogP contribution is 2.32. The molecule has 0 spiro atoms. The zero-order valence-corrected chi connectivity index (χ0v) is 14.7. The highest BCUT2D eigenvalue weighted by Gasteiger charge is 2.18. The van der Waals surface area contributed by atoms with Gasteiger partial charge >= 0.3 is 0 Å². The molecule has 0 unspecified atom stereocenters. The summed E-state index contributed by atoms with van der Waals surface area (Å²) in [6, 6.07) is 5.35. The number of nitrogens with one attached hydrogen (secondary N) is 1. The average molecular weight is 351 g/mol. The van der Waals surface area contributed by atoms with Crippen LogP contribution in [-0.4, -0.2) is 34.8 Å². The smallest absolute Gasteiger partial charge is 0.236 e. The van der Waals surface area contributed by atoms with E-state index in [1.807, 2.05) is 0 Å². The molecule has 0 aromatic heterocycles. The molecular weight excluding hydrogens is 326 g/mol. The number of carbonyl (C=O) groups is 1. The third kappa shape index (κ3) is 4.97. The number of carbonyl (C=O) groups excluding carboxylic acids is 1. The molecule has 1 aliphatic carbocycles. The lowest BCUT2D eigenvalue weighted by Gasteiger charge is -2.20. The van der Waals surface area contributed by atoms with E-state index >= 15 is 0 Å². The summed E-state index contributed by atoms with van der Waals surface area (Å²) in [6.45, 7) is 1.24. The van der Waals surface area contributed by atoms with Crippen LogP contribution in [0.15, 0.2) is 18.2 Å². The van der Waals surface area contributed by atoms with Gasteiger partial charge in [-0.15, -0.1) is 0 Å². The fourth-order valence-corrected chi connectivity index (χ4v) is 4.60. The van der Waals surface area contributed by atoms with Crippen molar-refractivity contribution in [3.05, 3.63) is 18.2 Å². The molecule has 0 bridgehead atoms. The number of anilines is 1. The second-order valence-corrected chi connectivity index (χ2v) is 8.02. The summed E-state index contributed by atoms with van der Waals surface area (Å²) in [6.07, 6.45) is 6.88. The topological polar surface area (TPSA) is 64.6 Å². The Kier molecular flexibility index (Phi) is 6.12. The van der Waals surface area contributed by atoms with Gasteiger partial charge in [0.25, 0.3) is 0 Å². The lowest BCUT2D eigenvalue weighted by molar-refractivity contribution is -0.113. The van der Waals surface area contributed by atoms with E-state index in [0.29, 0.717) is 42.1 Å². The summed E-state index contributed by atoms with van der Waals surface area (Å²) in [4.78, 5) is 12.1. The molecule has 24 heavy (non-hydrogen) atoms. The monoisotopic (exact) mass is 351 g/mol. The number of hydrogen-bond donors (Lipinski definition) is 1. The van der Waals surface area contributed by atoms with Gasteiger partial charge in [-0.3, -0.25) is 9.00 Å². The Balaban J connectivity index is 1.51. The molecule has 1 heterocycles. The van der Waals surface area contributed by atoms with Crippen molar-refractivity contribution < 1.29 is 18.5 Å². The normalized spacial score (nSPS) is 19.3. The maximum Gasteiger partial charge on any atom is 0.236 e. The minimum Gasteiger partial charge on any atom is -0.490 e. The van der Waals surface area contributed by atoms with Crippen LogP contribution < -0.4 is 14.8 Å². The Morgan fingerprint density at radius 2 is 1.83 bits per heavy atom. The van der Waals surface area contributed by atoms with Crippen LogP contribution in [0, 0.1) is 5.92 Å². The first-order chi connectivity index (χ1) is 11.7. The van der Waals surface area contributed by atoms with Crippen molar-refractivity contribution in [2.24, 2.45) is 5.92 Å². The van der Waals surface area contributed by atoms with Gasteiger partial charge in [0.15, 0.2) is 11.5 Å². The second kappa shape index (κ2) is 8.51. The molecule has 1 aliphatic heterocycles. The van der Waals surface area contributed by atoms with E-state index in [4.69, 9.17) is 9.47 Å². The molecule has 5 nitrogen and oxygen atoms in total. The van der Waals surface area contributed by atoms with Crippen LogP contribution in [0.3, 0.4) is 0 Å². The number of hydrogen-bond acceptors (Lipinski definition) is 4. The standard InChI is InChI=1S/C18H25NO4S/c20-18(13-24(21)12-14-5-2-1-3-6-14)19-15-7-8-16-17(11-15)23-10-4-9-22-16/h7-8,11,14H,1-6,9-10,12-13H2,(H,19,20)/t24-/m0/s1. The molecule has 0 radical (unpaired) electrons. The quantitative estimate of drug-likeness (QED) is 0.885. The minimum absolute atomic E-state index is 0.0605. The molecule has 1 N–H and O–H groups in total. The Labute approximate surface area is 145 Å². The Hall–Kier alpha value is -1.56. The summed E-state index contributed by atoms with van der Waals surface area (Å²) in [5.41, 5.74) is 0.652. The molecule has 1 aromatic rings. The first kappa shape index (κ1) is 17.3.